The first kappa shape index (κ1) is 23.3. The molecule has 1 aliphatic rings. The predicted octanol–water partition coefficient (Wildman–Crippen LogP) is 3.32. The van der Waals surface area contributed by atoms with Crippen LogP contribution in [0.3, 0.4) is 0 Å². The highest BCUT2D eigenvalue weighted by atomic mass is 19.4. The van der Waals surface area contributed by atoms with E-state index in [1.165, 1.54) is 23.1 Å². The van der Waals surface area contributed by atoms with Crippen LogP contribution < -0.4 is 10.6 Å². The van der Waals surface area contributed by atoms with E-state index < -0.39 is 35.9 Å². The predicted molar refractivity (Wildman–Crippen MR) is 115 cm³/mol. The summed E-state index contributed by atoms with van der Waals surface area (Å²) in [7, 11) is 0. The van der Waals surface area contributed by atoms with Gasteiger partial charge in [0.05, 0.1) is 24.0 Å². The van der Waals surface area contributed by atoms with Crippen molar-refractivity contribution in [3.05, 3.63) is 72.4 Å². The van der Waals surface area contributed by atoms with Crippen LogP contribution in [0.5, 0.6) is 0 Å². The first-order chi connectivity index (χ1) is 16.2. The quantitative estimate of drug-likeness (QED) is 0.492. The number of hydrogen-bond donors (Lipinski definition) is 3. The zero-order valence-electron chi connectivity index (χ0n) is 17.9. The van der Waals surface area contributed by atoms with Gasteiger partial charge in [0.1, 0.15) is 5.92 Å². The number of carbonyl (C=O) groups excluding carboxylic acids is 2. The molecule has 0 spiro atoms. The molecule has 0 radical (unpaired) electrons. The standard InChI is InChI=1S/C23H21F3N4O4/c1-2-34-20(31)17-19(27-21(32)28-22(17,33)23(24,25)26)16-13-30(15-11-7-4-8-12-15)29-18(16)14-9-5-3-6-10-14/h3-13,17,19,33H,2H2,1H3,(H2,27,28,32)/t17-,19+,22+/m1/s1. The Morgan fingerprint density at radius 1 is 1.15 bits per heavy atom. The van der Waals surface area contributed by atoms with Crippen molar-refractivity contribution in [3.8, 4) is 16.9 Å². The molecule has 0 unspecified atom stereocenters. The normalized spacial score (nSPS) is 22.6. The number of esters is 1. The maximum atomic E-state index is 14.0. The molecular formula is C23H21F3N4O4. The molecule has 8 nitrogen and oxygen atoms in total. The minimum absolute atomic E-state index is 0.102. The van der Waals surface area contributed by atoms with Gasteiger partial charge in [0.15, 0.2) is 0 Å². The number of ether oxygens (including phenoxy) is 1. The molecule has 1 aliphatic heterocycles. The number of amides is 2. The Hall–Kier alpha value is -3.86. The van der Waals surface area contributed by atoms with E-state index in [0.717, 1.165) is 0 Å². The molecule has 11 heteroatoms. The molecule has 3 atom stereocenters. The lowest BCUT2D eigenvalue weighted by molar-refractivity contribution is -0.294. The fourth-order valence-electron chi connectivity index (χ4n) is 3.94. The molecule has 2 aromatic carbocycles. The Labute approximate surface area is 192 Å². The van der Waals surface area contributed by atoms with Crippen molar-refractivity contribution < 1.29 is 32.6 Å². The number of hydrogen-bond acceptors (Lipinski definition) is 5. The van der Waals surface area contributed by atoms with Crippen molar-refractivity contribution in [2.24, 2.45) is 5.92 Å². The van der Waals surface area contributed by atoms with E-state index in [2.05, 4.69) is 10.4 Å². The van der Waals surface area contributed by atoms with Gasteiger partial charge in [-0.25, -0.2) is 9.48 Å². The average molecular weight is 474 g/mol. The maximum Gasteiger partial charge on any atom is 0.437 e. The fourth-order valence-corrected chi connectivity index (χ4v) is 3.94. The third kappa shape index (κ3) is 4.10. The van der Waals surface area contributed by atoms with Gasteiger partial charge < -0.3 is 20.5 Å². The summed E-state index contributed by atoms with van der Waals surface area (Å²) in [6, 6.07) is 14.5. The number of rotatable bonds is 5. The molecule has 0 saturated carbocycles. The maximum absolute atomic E-state index is 14.0. The molecule has 4 rings (SSSR count). The first-order valence-corrected chi connectivity index (χ1v) is 10.4. The monoisotopic (exact) mass is 474 g/mol. The fraction of sp³-hybridized carbons (Fsp3) is 0.261. The first-order valence-electron chi connectivity index (χ1n) is 10.4. The lowest BCUT2D eigenvalue weighted by atomic mass is 9.81. The van der Waals surface area contributed by atoms with E-state index in [0.29, 0.717) is 11.3 Å². The SMILES string of the molecule is CCOC(=O)[C@H]1[C@H](c2cn(-c3ccccc3)nc2-c2ccccc2)NC(=O)N[C@@]1(O)C(F)(F)F. The molecule has 1 aromatic heterocycles. The van der Waals surface area contributed by atoms with Crippen molar-refractivity contribution in [1.82, 2.24) is 20.4 Å². The van der Waals surface area contributed by atoms with Crippen molar-refractivity contribution in [2.75, 3.05) is 6.61 Å². The number of halogens is 3. The van der Waals surface area contributed by atoms with Crippen molar-refractivity contribution in [3.63, 3.8) is 0 Å². The Kier molecular flexibility index (Phi) is 6.05. The van der Waals surface area contributed by atoms with E-state index in [9.17, 15) is 27.9 Å². The molecule has 0 bridgehead atoms. The van der Waals surface area contributed by atoms with Gasteiger partial charge >= 0.3 is 18.2 Å². The number of para-hydroxylation sites is 1. The van der Waals surface area contributed by atoms with Gasteiger partial charge in [-0.15, -0.1) is 0 Å². The number of nitrogens with zero attached hydrogens (tertiary/aromatic N) is 2. The molecule has 178 valence electrons. The number of aromatic nitrogens is 2. The van der Waals surface area contributed by atoms with Crippen LogP contribution in [0.25, 0.3) is 16.9 Å². The lowest BCUT2D eigenvalue weighted by Crippen LogP contribution is -2.73. The van der Waals surface area contributed by atoms with Crippen LogP contribution in [0.15, 0.2) is 66.9 Å². The third-order valence-electron chi connectivity index (χ3n) is 5.49. The summed E-state index contributed by atoms with van der Waals surface area (Å²) in [6.45, 7) is 1.20. The zero-order valence-corrected chi connectivity index (χ0v) is 17.9. The van der Waals surface area contributed by atoms with Crippen LogP contribution >= 0.6 is 0 Å². The number of benzene rings is 2. The van der Waals surface area contributed by atoms with Crippen LogP contribution in [0.2, 0.25) is 0 Å². The van der Waals surface area contributed by atoms with Gasteiger partial charge in [-0.1, -0.05) is 48.5 Å². The largest absolute Gasteiger partial charge is 0.466 e. The van der Waals surface area contributed by atoms with Crippen LogP contribution in [-0.2, 0) is 9.53 Å². The third-order valence-corrected chi connectivity index (χ3v) is 5.49. The Morgan fingerprint density at radius 2 is 1.76 bits per heavy atom. The van der Waals surface area contributed by atoms with Gasteiger partial charge in [0, 0.05) is 17.3 Å². The van der Waals surface area contributed by atoms with Gasteiger partial charge in [-0.2, -0.15) is 18.3 Å². The van der Waals surface area contributed by atoms with E-state index in [1.807, 2.05) is 0 Å². The van der Waals surface area contributed by atoms with Crippen LogP contribution in [0, 0.1) is 5.92 Å². The van der Waals surface area contributed by atoms with Crippen LogP contribution in [-0.4, -0.2) is 45.4 Å². The van der Waals surface area contributed by atoms with Gasteiger partial charge in [-0.3, -0.25) is 4.79 Å². The number of urea groups is 1. The summed E-state index contributed by atoms with van der Waals surface area (Å²) in [5.41, 5.74) is -2.39. The summed E-state index contributed by atoms with van der Waals surface area (Å²) < 4.78 is 48.3. The summed E-state index contributed by atoms with van der Waals surface area (Å²) in [6.07, 6.45) is -3.94. The smallest absolute Gasteiger partial charge is 0.437 e. The summed E-state index contributed by atoms with van der Waals surface area (Å²) in [5, 5.41) is 19.0. The molecule has 3 aromatic rings. The average Bonchev–Trinajstić information content (AvgIpc) is 3.24. The number of aliphatic hydroxyl groups is 1. The summed E-state index contributed by atoms with van der Waals surface area (Å²) >= 11 is 0. The van der Waals surface area contributed by atoms with E-state index in [1.54, 1.807) is 60.7 Å². The number of carbonyl (C=O) groups is 2. The topological polar surface area (TPSA) is 105 Å². The zero-order chi connectivity index (χ0) is 24.5. The highest BCUT2D eigenvalue weighted by molar-refractivity contribution is 5.84. The molecule has 34 heavy (non-hydrogen) atoms. The highest BCUT2D eigenvalue weighted by Gasteiger charge is 2.67. The molecule has 1 saturated heterocycles. The van der Waals surface area contributed by atoms with E-state index >= 15 is 0 Å². The second-order valence-electron chi connectivity index (χ2n) is 7.65. The molecular weight excluding hydrogens is 453 g/mol. The second-order valence-corrected chi connectivity index (χ2v) is 7.65. The van der Waals surface area contributed by atoms with E-state index in [4.69, 9.17) is 4.74 Å². The summed E-state index contributed by atoms with van der Waals surface area (Å²) in [4.78, 5) is 25.1. The van der Waals surface area contributed by atoms with Crippen molar-refractivity contribution in [2.45, 2.75) is 24.9 Å². The summed E-state index contributed by atoms with van der Waals surface area (Å²) in [5.74, 6) is -3.58. The van der Waals surface area contributed by atoms with Crippen molar-refractivity contribution >= 4 is 12.0 Å². The Bertz CT molecular complexity index is 1180. The van der Waals surface area contributed by atoms with Crippen molar-refractivity contribution in [1.29, 1.82) is 0 Å². The minimum Gasteiger partial charge on any atom is -0.466 e. The molecule has 3 N–H and O–H groups in total. The molecule has 1 fully saturated rings. The van der Waals surface area contributed by atoms with Crippen LogP contribution in [0.1, 0.15) is 18.5 Å². The lowest BCUT2D eigenvalue weighted by Gasteiger charge is -2.44. The second kappa shape index (κ2) is 8.82. The van der Waals surface area contributed by atoms with Gasteiger partial charge in [-0.05, 0) is 19.1 Å². The Morgan fingerprint density at radius 3 is 2.35 bits per heavy atom. The molecule has 2 heterocycles. The minimum atomic E-state index is -5.37. The van der Waals surface area contributed by atoms with E-state index in [-0.39, 0.29) is 17.9 Å². The number of alkyl halides is 3. The van der Waals surface area contributed by atoms with Gasteiger partial charge in [0.2, 0.25) is 0 Å². The Balaban J connectivity index is 1.93. The molecule has 2 amide bonds. The highest BCUT2D eigenvalue weighted by Crippen LogP contribution is 2.45. The molecule has 0 aliphatic carbocycles. The number of nitrogens with one attached hydrogen (secondary N) is 2. The van der Waals surface area contributed by atoms with Gasteiger partial charge in [0.25, 0.3) is 5.72 Å². The van der Waals surface area contributed by atoms with Crippen LogP contribution in [0.4, 0.5) is 18.0 Å².